The molecule has 0 amide bonds. The van der Waals surface area contributed by atoms with Gasteiger partial charge in [0.1, 0.15) is 0 Å². The average Bonchev–Trinajstić information content (AvgIpc) is 3.00. The Morgan fingerprint density at radius 2 is 1.80 bits per heavy atom. The summed E-state index contributed by atoms with van der Waals surface area (Å²) in [4.78, 5) is 2.45. The third-order valence-corrected chi connectivity index (χ3v) is 3.08. The molecule has 1 aliphatic rings. The smallest absolute Gasteiger partial charge is 0.00682 e. The first-order valence-electron chi connectivity index (χ1n) is 6.75. The zero-order chi connectivity index (χ0) is 10.9. The second kappa shape index (κ2) is 8.12. The van der Waals surface area contributed by atoms with Crippen LogP contribution >= 0.6 is 0 Å². The van der Waals surface area contributed by atoms with Crippen molar-refractivity contribution in [2.24, 2.45) is 0 Å². The molecular formula is C13H28N2. The van der Waals surface area contributed by atoms with Crippen molar-refractivity contribution in [1.29, 1.82) is 0 Å². The largest absolute Gasteiger partial charge is 0.314 e. The van der Waals surface area contributed by atoms with Gasteiger partial charge in [-0.2, -0.15) is 0 Å². The van der Waals surface area contributed by atoms with Gasteiger partial charge in [0.05, 0.1) is 0 Å². The average molecular weight is 212 g/mol. The number of hydrogen-bond acceptors (Lipinski definition) is 2. The lowest BCUT2D eigenvalue weighted by molar-refractivity contribution is 0.324. The van der Waals surface area contributed by atoms with Crippen LogP contribution in [-0.4, -0.2) is 37.6 Å². The fraction of sp³-hybridized carbons (Fsp3) is 1.00. The van der Waals surface area contributed by atoms with Crippen molar-refractivity contribution in [3.05, 3.63) is 0 Å². The van der Waals surface area contributed by atoms with E-state index in [2.05, 4.69) is 24.2 Å². The summed E-state index contributed by atoms with van der Waals surface area (Å²) in [7, 11) is 2.23. The second-order valence-corrected chi connectivity index (χ2v) is 4.95. The van der Waals surface area contributed by atoms with Crippen molar-refractivity contribution in [3.8, 4) is 0 Å². The summed E-state index contributed by atoms with van der Waals surface area (Å²) < 4.78 is 0. The third-order valence-electron chi connectivity index (χ3n) is 3.08. The second-order valence-electron chi connectivity index (χ2n) is 4.95. The monoisotopic (exact) mass is 212 g/mol. The van der Waals surface area contributed by atoms with Gasteiger partial charge in [-0.05, 0) is 58.8 Å². The highest BCUT2D eigenvalue weighted by molar-refractivity contribution is 4.80. The van der Waals surface area contributed by atoms with Crippen molar-refractivity contribution in [2.75, 3.05) is 26.7 Å². The molecule has 1 rings (SSSR count). The molecule has 1 aliphatic carbocycles. The van der Waals surface area contributed by atoms with Crippen LogP contribution in [0.3, 0.4) is 0 Å². The number of nitrogens with one attached hydrogen (secondary N) is 1. The molecule has 0 aromatic rings. The third kappa shape index (κ3) is 7.80. The van der Waals surface area contributed by atoms with Gasteiger partial charge in [-0.25, -0.2) is 0 Å². The molecule has 1 N–H and O–H groups in total. The number of rotatable bonds is 10. The van der Waals surface area contributed by atoms with Crippen LogP contribution in [0.5, 0.6) is 0 Å². The Morgan fingerprint density at radius 1 is 1.07 bits per heavy atom. The van der Waals surface area contributed by atoms with E-state index >= 15 is 0 Å². The van der Waals surface area contributed by atoms with Gasteiger partial charge in [0.25, 0.3) is 0 Å². The van der Waals surface area contributed by atoms with Crippen LogP contribution in [0.25, 0.3) is 0 Å². The molecule has 2 heteroatoms. The van der Waals surface area contributed by atoms with Gasteiger partial charge in [-0.15, -0.1) is 0 Å². The maximum atomic E-state index is 3.57. The SMILES string of the molecule is CCCN(C)CCCCCCNC1CC1. The van der Waals surface area contributed by atoms with Crippen LogP contribution in [0.2, 0.25) is 0 Å². The number of unbranched alkanes of at least 4 members (excludes halogenated alkanes) is 3. The molecule has 0 aromatic carbocycles. The predicted molar refractivity (Wildman–Crippen MR) is 67.3 cm³/mol. The van der Waals surface area contributed by atoms with Crippen molar-refractivity contribution < 1.29 is 0 Å². The highest BCUT2D eigenvalue weighted by atomic mass is 15.1. The predicted octanol–water partition coefficient (Wildman–Crippen LogP) is 2.64. The molecule has 0 aliphatic heterocycles. The van der Waals surface area contributed by atoms with Gasteiger partial charge >= 0.3 is 0 Å². The molecule has 1 saturated carbocycles. The quantitative estimate of drug-likeness (QED) is 0.560. The molecule has 0 saturated heterocycles. The molecule has 2 nitrogen and oxygen atoms in total. The van der Waals surface area contributed by atoms with Crippen LogP contribution in [-0.2, 0) is 0 Å². The van der Waals surface area contributed by atoms with Crippen molar-refractivity contribution >= 4 is 0 Å². The molecule has 15 heavy (non-hydrogen) atoms. The van der Waals surface area contributed by atoms with E-state index in [1.54, 1.807) is 0 Å². The lowest BCUT2D eigenvalue weighted by Crippen LogP contribution is -2.20. The number of hydrogen-bond donors (Lipinski definition) is 1. The van der Waals surface area contributed by atoms with E-state index in [4.69, 9.17) is 0 Å². The Kier molecular flexibility index (Phi) is 7.03. The first-order chi connectivity index (χ1) is 7.33. The van der Waals surface area contributed by atoms with E-state index in [9.17, 15) is 0 Å². The molecule has 1 fully saturated rings. The van der Waals surface area contributed by atoms with Crippen molar-refractivity contribution in [2.45, 2.75) is 57.9 Å². The Hall–Kier alpha value is -0.0800. The summed E-state index contributed by atoms with van der Waals surface area (Å²) in [6.45, 7) is 6.03. The van der Waals surface area contributed by atoms with Gasteiger partial charge < -0.3 is 10.2 Å². The minimum Gasteiger partial charge on any atom is -0.314 e. The summed E-state index contributed by atoms with van der Waals surface area (Å²) in [5.41, 5.74) is 0. The van der Waals surface area contributed by atoms with Crippen LogP contribution in [0.15, 0.2) is 0 Å². The molecule has 0 spiro atoms. The number of nitrogens with zero attached hydrogens (tertiary/aromatic N) is 1. The molecule has 0 unspecified atom stereocenters. The van der Waals surface area contributed by atoms with Gasteiger partial charge in [0.15, 0.2) is 0 Å². The summed E-state index contributed by atoms with van der Waals surface area (Å²) in [5.74, 6) is 0. The molecule has 0 atom stereocenters. The Morgan fingerprint density at radius 3 is 2.47 bits per heavy atom. The molecule has 0 heterocycles. The van der Waals surface area contributed by atoms with Gasteiger partial charge in [0.2, 0.25) is 0 Å². The van der Waals surface area contributed by atoms with Crippen molar-refractivity contribution in [1.82, 2.24) is 10.2 Å². The van der Waals surface area contributed by atoms with Crippen LogP contribution in [0.4, 0.5) is 0 Å². The van der Waals surface area contributed by atoms with Gasteiger partial charge in [0, 0.05) is 6.04 Å². The lowest BCUT2D eigenvalue weighted by atomic mass is 10.2. The molecule has 90 valence electrons. The molecule has 0 bridgehead atoms. The Bertz CT molecular complexity index is 143. The van der Waals surface area contributed by atoms with Crippen LogP contribution < -0.4 is 5.32 Å². The van der Waals surface area contributed by atoms with E-state index in [1.807, 2.05) is 0 Å². The van der Waals surface area contributed by atoms with E-state index in [-0.39, 0.29) is 0 Å². The minimum absolute atomic E-state index is 0.890. The standard InChI is InChI=1S/C13H28N2/c1-3-11-15(2)12-7-5-4-6-10-14-13-8-9-13/h13-14H,3-12H2,1-2H3. The fourth-order valence-corrected chi connectivity index (χ4v) is 1.95. The van der Waals surface area contributed by atoms with Crippen LogP contribution in [0, 0.1) is 0 Å². The van der Waals surface area contributed by atoms with Crippen LogP contribution in [0.1, 0.15) is 51.9 Å². The normalized spacial score (nSPS) is 16.2. The van der Waals surface area contributed by atoms with Crippen molar-refractivity contribution in [3.63, 3.8) is 0 Å². The highest BCUT2D eigenvalue weighted by Crippen LogP contribution is 2.18. The van der Waals surface area contributed by atoms with E-state index in [0.29, 0.717) is 0 Å². The van der Waals surface area contributed by atoms with E-state index in [1.165, 1.54) is 64.6 Å². The lowest BCUT2D eigenvalue weighted by Gasteiger charge is -2.14. The zero-order valence-corrected chi connectivity index (χ0v) is 10.6. The van der Waals surface area contributed by atoms with Gasteiger partial charge in [-0.1, -0.05) is 19.8 Å². The van der Waals surface area contributed by atoms with Gasteiger partial charge in [-0.3, -0.25) is 0 Å². The molecule has 0 aromatic heterocycles. The first-order valence-corrected chi connectivity index (χ1v) is 6.75. The minimum atomic E-state index is 0.890. The summed E-state index contributed by atoms with van der Waals surface area (Å²) in [6.07, 6.45) is 9.67. The molecular weight excluding hydrogens is 184 g/mol. The Balaban J connectivity index is 1.72. The maximum Gasteiger partial charge on any atom is 0.00682 e. The highest BCUT2D eigenvalue weighted by Gasteiger charge is 2.19. The van der Waals surface area contributed by atoms with E-state index < -0.39 is 0 Å². The summed E-state index contributed by atoms with van der Waals surface area (Å²) in [6, 6.07) is 0.890. The first kappa shape index (κ1) is 13.0. The Labute approximate surface area is 95.4 Å². The zero-order valence-electron chi connectivity index (χ0n) is 10.6. The fourth-order valence-electron chi connectivity index (χ4n) is 1.95. The summed E-state index contributed by atoms with van der Waals surface area (Å²) >= 11 is 0. The molecule has 0 radical (unpaired) electrons. The van der Waals surface area contributed by atoms with E-state index in [0.717, 1.165) is 6.04 Å². The topological polar surface area (TPSA) is 15.3 Å². The summed E-state index contributed by atoms with van der Waals surface area (Å²) in [5, 5.41) is 3.57. The maximum absolute atomic E-state index is 3.57.